The van der Waals surface area contributed by atoms with Crippen LogP contribution in [0.1, 0.15) is 12.5 Å². The van der Waals surface area contributed by atoms with Crippen LogP contribution in [0.3, 0.4) is 0 Å². The number of carbonyl (C=O) groups excluding carboxylic acids is 1. The topological polar surface area (TPSA) is 30.0 Å². The first kappa shape index (κ1) is 6.93. The smallest absolute Gasteiger partial charge is 0.134 e. The van der Waals surface area contributed by atoms with Gasteiger partial charge >= 0.3 is 0 Å². The van der Waals surface area contributed by atoms with Crippen LogP contribution < -0.4 is 0 Å². The first-order chi connectivity index (χ1) is 4.79. The molecule has 0 aliphatic carbocycles. The van der Waals surface area contributed by atoms with Crippen LogP contribution in [0.15, 0.2) is 18.3 Å². The van der Waals surface area contributed by atoms with Crippen molar-refractivity contribution >= 4 is 5.78 Å². The fourth-order valence-corrected chi connectivity index (χ4v) is 0.726. The fourth-order valence-electron chi connectivity index (χ4n) is 0.726. The first-order valence-corrected chi connectivity index (χ1v) is 3.10. The van der Waals surface area contributed by atoms with Gasteiger partial charge in [0.25, 0.3) is 0 Å². The standard InChI is InChI=1S/C8H8NO/c1-7(10)5-8-3-2-4-9-6-8/h2-4H,5H2,1H3. The maximum Gasteiger partial charge on any atom is 0.134 e. The van der Waals surface area contributed by atoms with Gasteiger partial charge in [0, 0.05) is 12.6 Å². The number of carbonyl (C=O) groups is 1. The Kier molecular flexibility index (Phi) is 2.15. The fraction of sp³-hybridized carbons (Fsp3) is 0.250. The van der Waals surface area contributed by atoms with Crippen LogP contribution >= 0.6 is 0 Å². The zero-order valence-corrected chi connectivity index (χ0v) is 5.79. The van der Waals surface area contributed by atoms with Gasteiger partial charge in [-0.05, 0) is 18.6 Å². The summed E-state index contributed by atoms with van der Waals surface area (Å²) in [4.78, 5) is 14.3. The second-order valence-corrected chi connectivity index (χ2v) is 2.15. The molecule has 0 aliphatic heterocycles. The summed E-state index contributed by atoms with van der Waals surface area (Å²) in [6.07, 6.45) is 4.81. The molecule has 10 heavy (non-hydrogen) atoms. The number of hydrogen-bond acceptors (Lipinski definition) is 2. The largest absolute Gasteiger partial charge is 0.300 e. The Balaban J connectivity index is 2.67. The lowest BCUT2D eigenvalue weighted by molar-refractivity contribution is -0.116. The highest BCUT2D eigenvalue weighted by Crippen LogP contribution is 1.95. The Labute approximate surface area is 59.9 Å². The predicted octanol–water partition coefficient (Wildman–Crippen LogP) is 1.01. The molecule has 0 aromatic carbocycles. The van der Waals surface area contributed by atoms with E-state index in [9.17, 15) is 4.79 Å². The summed E-state index contributed by atoms with van der Waals surface area (Å²) in [6.45, 7) is 1.56. The highest BCUT2D eigenvalue weighted by atomic mass is 16.1. The number of hydrogen-bond donors (Lipinski definition) is 0. The minimum absolute atomic E-state index is 0.143. The average molecular weight is 134 g/mol. The molecule has 0 bridgehead atoms. The molecule has 0 atom stereocenters. The maximum absolute atomic E-state index is 10.6. The van der Waals surface area contributed by atoms with Crippen molar-refractivity contribution < 1.29 is 4.79 Å². The van der Waals surface area contributed by atoms with Crippen molar-refractivity contribution in [2.75, 3.05) is 0 Å². The molecule has 0 saturated heterocycles. The summed E-state index contributed by atoms with van der Waals surface area (Å²) in [5, 5.41) is 0. The van der Waals surface area contributed by atoms with Crippen molar-refractivity contribution in [2.45, 2.75) is 13.3 Å². The van der Waals surface area contributed by atoms with E-state index in [1.54, 1.807) is 19.2 Å². The maximum atomic E-state index is 10.6. The third kappa shape index (κ3) is 1.97. The van der Waals surface area contributed by atoms with Crippen molar-refractivity contribution in [3.05, 3.63) is 30.1 Å². The van der Waals surface area contributed by atoms with Gasteiger partial charge in [0.15, 0.2) is 0 Å². The normalized spacial score (nSPS) is 9.30. The van der Waals surface area contributed by atoms with Crippen molar-refractivity contribution in [3.63, 3.8) is 0 Å². The lowest BCUT2D eigenvalue weighted by Gasteiger charge is -1.91. The number of ketones is 1. The second kappa shape index (κ2) is 3.11. The second-order valence-electron chi connectivity index (χ2n) is 2.15. The van der Waals surface area contributed by atoms with E-state index < -0.39 is 0 Å². The zero-order valence-electron chi connectivity index (χ0n) is 5.79. The molecule has 1 heterocycles. The minimum atomic E-state index is 0.143. The van der Waals surface area contributed by atoms with Gasteiger partial charge < -0.3 is 0 Å². The summed E-state index contributed by atoms with van der Waals surface area (Å²) < 4.78 is 0. The minimum Gasteiger partial charge on any atom is -0.300 e. The number of aromatic nitrogens is 1. The average Bonchev–Trinajstić information content (AvgIpc) is 1.88. The van der Waals surface area contributed by atoms with Crippen LogP contribution in [0, 0.1) is 6.20 Å². The summed E-state index contributed by atoms with van der Waals surface area (Å²) in [5.74, 6) is 0.143. The molecule has 2 heteroatoms. The van der Waals surface area contributed by atoms with E-state index in [4.69, 9.17) is 0 Å². The summed E-state index contributed by atoms with van der Waals surface area (Å²) >= 11 is 0. The summed E-state index contributed by atoms with van der Waals surface area (Å²) in [6, 6.07) is 3.64. The Morgan fingerprint density at radius 1 is 1.80 bits per heavy atom. The van der Waals surface area contributed by atoms with E-state index in [2.05, 4.69) is 11.2 Å². The van der Waals surface area contributed by atoms with Crippen LogP contribution in [0.4, 0.5) is 0 Å². The monoisotopic (exact) mass is 134 g/mol. The van der Waals surface area contributed by atoms with Crippen LogP contribution in [0.2, 0.25) is 0 Å². The van der Waals surface area contributed by atoms with Gasteiger partial charge in [-0.3, -0.25) is 9.78 Å². The molecule has 0 unspecified atom stereocenters. The predicted molar refractivity (Wildman–Crippen MR) is 37.5 cm³/mol. The molecule has 0 amide bonds. The Morgan fingerprint density at radius 2 is 2.60 bits per heavy atom. The van der Waals surface area contributed by atoms with Gasteiger partial charge in [-0.1, -0.05) is 6.07 Å². The molecule has 0 fully saturated rings. The zero-order chi connectivity index (χ0) is 7.40. The summed E-state index contributed by atoms with van der Waals surface area (Å²) in [7, 11) is 0. The van der Waals surface area contributed by atoms with Gasteiger partial charge in [-0.15, -0.1) is 0 Å². The molecule has 0 aliphatic rings. The van der Waals surface area contributed by atoms with Gasteiger partial charge in [-0.2, -0.15) is 0 Å². The molecule has 0 saturated carbocycles. The van der Waals surface area contributed by atoms with Crippen LogP contribution in [-0.2, 0) is 11.2 Å². The van der Waals surface area contributed by atoms with Crippen molar-refractivity contribution in [1.82, 2.24) is 4.98 Å². The van der Waals surface area contributed by atoms with E-state index in [0.29, 0.717) is 6.42 Å². The molecule has 0 spiro atoms. The molecule has 2 nitrogen and oxygen atoms in total. The van der Waals surface area contributed by atoms with Gasteiger partial charge in [0.1, 0.15) is 5.78 Å². The molecule has 51 valence electrons. The van der Waals surface area contributed by atoms with E-state index in [0.717, 1.165) is 5.56 Å². The third-order valence-corrected chi connectivity index (χ3v) is 1.11. The van der Waals surface area contributed by atoms with Crippen molar-refractivity contribution in [1.29, 1.82) is 0 Å². The Hall–Kier alpha value is -1.18. The molecule has 0 N–H and O–H groups in total. The lowest BCUT2D eigenvalue weighted by Crippen LogP contribution is -1.96. The third-order valence-electron chi connectivity index (χ3n) is 1.11. The molecular formula is C8H8NO. The molecule has 1 aromatic heterocycles. The quantitative estimate of drug-likeness (QED) is 0.604. The van der Waals surface area contributed by atoms with Gasteiger partial charge in [-0.25, -0.2) is 0 Å². The van der Waals surface area contributed by atoms with E-state index >= 15 is 0 Å². The molecule has 1 radical (unpaired) electrons. The van der Waals surface area contributed by atoms with Crippen LogP contribution in [0.25, 0.3) is 0 Å². The Bertz CT molecular complexity index is 218. The number of pyridine rings is 1. The summed E-state index contributed by atoms with van der Waals surface area (Å²) in [5.41, 5.74) is 0.856. The van der Waals surface area contributed by atoms with Gasteiger partial charge in [0.2, 0.25) is 0 Å². The van der Waals surface area contributed by atoms with Gasteiger partial charge in [0.05, 0.1) is 6.20 Å². The van der Waals surface area contributed by atoms with E-state index in [1.165, 1.54) is 0 Å². The highest BCUT2D eigenvalue weighted by molar-refractivity contribution is 5.77. The van der Waals surface area contributed by atoms with E-state index in [-0.39, 0.29) is 5.78 Å². The molecule has 1 aromatic rings. The SMILES string of the molecule is CC(=O)Cc1[c]nccc1. The highest BCUT2D eigenvalue weighted by Gasteiger charge is 1.95. The number of rotatable bonds is 2. The van der Waals surface area contributed by atoms with Crippen LogP contribution in [-0.4, -0.2) is 10.8 Å². The lowest BCUT2D eigenvalue weighted by atomic mass is 10.2. The Morgan fingerprint density at radius 3 is 3.10 bits per heavy atom. The van der Waals surface area contributed by atoms with Crippen LogP contribution in [0.5, 0.6) is 0 Å². The first-order valence-electron chi connectivity index (χ1n) is 3.10. The number of Topliss-reactive ketones (excluding diaryl/α,β-unsaturated/α-hetero) is 1. The molecule has 1 rings (SSSR count). The number of nitrogens with zero attached hydrogens (tertiary/aromatic N) is 1. The van der Waals surface area contributed by atoms with E-state index in [1.807, 2.05) is 6.07 Å². The van der Waals surface area contributed by atoms with Crippen molar-refractivity contribution in [2.24, 2.45) is 0 Å². The molecular weight excluding hydrogens is 126 g/mol. The van der Waals surface area contributed by atoms with Crippen molar-refractivity contribution in [3.8, 4) is 0 Å².